The van der Waals surface area contributed by atoms with Crippen molar-refractivity contribution in [2.75, 3.05) is 38.5 Å². The molecule has 2 aliphatic rings. The molecular formula is C20H32N2O3S. The molecule has 5 nitrogen and oxygen atoms in total. The van der Waals surface area contributed by atoms with Crippen LogP contribution in [0, 0.1) is 0 Å². The van der Waals surface area contributed by atoms with Crippen molar-refractivity contribution in [3.8, 4) is 5.75 Å². The van der Waals surface area contributed by atoms with Crippen molar-refractivity contribution in [1.82, 2.24) is 9.21 Å². The van der Waals surface area contributed by atoms with Crippen LogP contribution in [0.4, 0.5) is 0 Å². The molecule has 2 heterocycles. The van der Waals surface area contributed by atoms with E-state index in [0.717, 1.165) is 31.7 Å². The molecule has 0 radical (unpaired) electrons. The van der Waals surface area contributed by atoms with Crippen molar-refractivity contribution in [2.24, 2.45) is 0 Å². The van der Waals surface area contributed by atoms with Crippen LogP contribution in [0.15, 0.2) is 24.3 Å². The fourth-order valence-corrected chi connectivity index (χ4v) is 5.18. The van der Waals surface area contributed by atoms with Crippen LogP contribution in [0.5, 0.6) is 5.75 Å². The van der Waals surface area contributed by atoms with E-state index in [1.807, 2.05) is 6.07 Å². The lowest BCUT2D eigenvalue weighted by Crippen LogP contribution is -2.46. The Morgan fingerprint density at radius 1 is 1.08 bits per heavy atom. The Kier molecular flexibility index (Phi) is 6.95. The Hall–Kier alpha value is -1.11. The van der Waals surface area contributed by atoms with Crippen LogP contribution in [0.25, 0.3) is 0 Å². The lowest BCUT2D eigenvalue weighted by Gasteiger charge is -2.37. The molecule has 1 fully saturated rings. The summed E-state index contributed by atoms with van der Waals surface area (Å²) in [6.07, 6.45) is 6.62. The van der Waals surface area contributed by atoms with Gasteiger partial charge in [-0.3, -0.25) is 4.90 Å². The second-order valence-corrected chi connectivity index (χ2v) is 9.63. The molecule has 0 amide bonds. The van der Waals surface area contributed by atoms with Gasteiger partial charge < -0.3 is 4.74 Å². The molecule has 2 bridgehead atoms. The average molecular weight is 381 g/mol. The summed E-state index contributed by atoms with van der Waals surface area (Å²) < 4.78 is 32.5. The summed E-state index contributed by atoms with van der Waals surface area (Å²) in [5, 5.41) is 0. The Bertz CT molecular complexity index is 677. The van der Waals surface area contributed by atoms with Crippen LogP contribution < -0.4 is 4.74 Å². The van der Waals surface area contributed by atoms with Gasteiger partial charge in [-0.1, -0.05) is 18.6 Å². The highest BCUT2D eigenvalue weighted by atomic mass is 32.2. The number of ether oxygens (including phenoxy) is 1. The highest BCUT2D eigenvalue weighted by Gasteiger charge is 2.25. The summed E-state index contributed by atoms with van der Waals surface area (Å²) in [6, 6.07) is 8.93. The van der Waals surface area contributed by atoms with Crippen molar-refractivity contribution in [2.45, 2.75) is 51.5 Å². The quantitative estimate of drug-likeness (QED) is 0.792. The topological polar surface area (TPSA) is 49.9 Å². The summed E-state index contributed by atoms with van der Waals surface area (Å²) >= 11 is 0. The van der Waals surface area contributed by atoms with Gasteiger partial charge in [0.1, 0.15) is 5.75 Å². The number of fused-ring (bicyclic) bond motifs is 3. The van der Waals surface area contributed by atoms with Gasteiger partial charge in [0, 0.05) is 25.7 Å². The van der Waals surface area contributed by atoms with Crippen molar-refractivity contribution >= 4 is 10.0 Å². The molecule has 1 unspecified atom stereocenters. The van der Waals surface area contributed by atoms with E-state index in [4.69, 9.17) is 4.74 Å². The third-order valence-corrected chi connectivity index (χ3v) is 7.51. The number of sulfonamides is 1. The second-order valence-electron chi connectivity index (χ2n) is 7.37. The van der Waals surface area contributed by atoms with E-state index >= 15 is 0 Å². The Balaban J connectivity index is 1.77. The molecule has 146 valence electrons. The van der Waals surface area contributed by atoms with Crippen molar-refractivity contribution < 1.29 is 13.2 Å². The number of hydrogen-bond acceptors (Lipinski definition) is 4. The van der Waals surface area contributed by atoms with E-state index in [-0.39, 0.29) is 5.75 Å². The van der Waals surface area contributed by atoms with E-state index < -0.39 is 10.0 Å². The summed E-state index contributed by atoms with van der Waals surface area (Å²) in [6.45, 7) is 5.34. The first-order chi connectivity index (χ1) is 12.6. The Labute approximate surface area is 158 Å². The van der Waals surface area contributed by atoms with Gasteiger partial charge in [-0.25, -0.2) is 12.7 Å². The van der Waals surface area contributed by atoms with E-state index in [1.165, 1.54) is 24.8 Å². The average Bonchev–Trinajstić information content (AvgIpc) is 2.66. The minimum Gasteiger partial charge on any atom is -0.494 e. The van der Waals surface area contributed by atoms with E-state index in [2.05, 4.69) is 23.1 Å². The highest BCUT2D eigenvalue weighted by molar-refractivity contribution is 7.89. The normalized spacial score (nSPS) is 24.3. The Morgan fingerprint density at radius 3 is 2.81 bits per heavy atom. The van der Waals surface area contributed by atoms with Crippen LogP contribution in [0.2, 0.25) is 0 Å². The van der Waals surface area contributed by atoms with Crippen LogP contribution in [-0.4, -0.2) is 62.2 Å². The SMILES string of the molecule is CCS(=O)(=O)N1CCCOc2cccc(c2)CCC2CCCCN2CC1. The summed E-state index contributed by atoms with van der Waals surface area (Å²) in [4.78, 5) is 2.52. The fraction of sp³-hybridized carbons (Fsp3) is 0.700. The number of nitrogens with zero attached hydrogens (tertiary/aromatic N) is 2. The molecule has 0 saturated carbocycles. The molecule has 0 aliphatic carbocycles. The first kappa shape index (κ1) is 19.6. The zero-order valence-corrected chi connectivity index (χ0v) is 16.7. The number of benzene rings is 1. The molecule has 1 saturated heterocycles. The summed E-state index contributed by atoms with van der Waals surface area (Å²) in [5.74, 6) is 1.06. The molecule has 1 aromatic carbocycles. The molecule has 0 N–H and O–H groups in total. The van der Waals surface area contributed by atoms with Crippen LogP contribution in [0.1, 0.15) is 44.6 Å². The van der Waals surface area contributed by atoms with Gasteiger partial charge in [0.15, 0.2) is 0 Å². The van der Waals surface area contributed by atoms with Gasteiger partial charge in [0.05, 0.1) is 12.4 Å². The highest BCUT2D eigenvalue weighted by Crippen LogP contribution is 2.23. The number of rotatable bonds is 2. The smallest absolute Gasteiger partial charge is 0.213 e. The number of piperidine rings is 1. The number of hydrogen-bond donors (Lipinski definition) is 0. The molecule has 3 rings (SSSR count). The van der Waals surface area contributed by atoms with Gasteiger partial charge in [-0.05, 0) is 63.3 Å². The minimum atomic E-state index is -3.17. The second kappa shape index (κ2) is 9.20. The molecule has 1 aromatic rings. The summed E-state index contributed by atoms with van der Waals surface area (Å²) in [5.41, 5.74) is 1.33. The zero-order valence-electron chi connectivity index (χ0n) is 15.9. The molecule has 0 spiro atoms. The standard InChI is InChI=1S/C20H32N2O3S/c1-2-26(23,24)22-13-6-16-25-20-9-5-7-18(17-20)10-11-19-8-3-4-12-21(19)14-15-22/h5,7,9,17,19H,2-4,6,8,10-16H2,1H3. The van der Waals surface area contributed by atoms with Gasteiger partial charge in [-0.15, -0.1) is 0 Å². The van der Waals surface area contributed by atoms with Gasteiger partial charge in [-0.2, -0.15) is 0 Å². The molecule has 0 aromatic heterocycles. The van der Waals surface area contributed by atoms with Crippen molar-refractivity contribution in [3.05, 3.63) is 29.8 Å². The fourth-order valence-electron chi connectivity index (χ4n) is 4.05. The maximum absolute atomic E-state index is 12.5. The first-order valence-corrected chi connectivity index (χ1v) is 11.6. The van der Waals surface area contributed by atoms with Gasteiger partial charge >= 0.3 is 0 Å². The van der Waals surface area contributed by atoms with Crippen LogP contribution in [-0.2, 0) is 16.4 Å². The van der Waals surface area contributed by atoms with Gasteiger partial charge in [0.2, 0.25) is 10.0 Å². The molecule has 1 atom stereocenters. The Morgan fingerprint density at radius 2 is 1.96 bits per heavy atom. The monoisotopic (exact) mass is 380 g/mol. The first-order valence-electron chi connectivity index (χ1n) is 10.0. The van der Waals surface area contributed by atoms with E-state index in [1.54, 1.807) is 11.2 Å². The number of aryl methyl sites for hydroxylation is 1. The summed E-state index contributed by atoms with van der Waals surface area (Å²) in [7, 11) is -3.17. The van der Waals surface area contributed by atoms with Gasteiger partial charge in [0.25, 0.3) is 0 Å². The molecule has 26 heavy (non-hydrogen) atoms. The zero-order chi connectivity index (χ0) is 18.4. The molecule has 6 heteroatoms. The predicted octanol–water partition coefficient (Wildman–Crippen LogP) is 2.91. The third kappa shape index (κ3) is 5.21. The maximum atomic E-state index is 12.5. The molecule has 2 aliphatic heterocycles. The van der Waals surface area contributed by atoms with Crippen molar-refractivity contribution in [3.63, 3.8) is 0 Å². The molecular weight excluding hydrogens is 348 g/mol. The van der Waals surface area contributed by atoms with Crippen LogP contribution >= 0.6 is 0 Å². The third-order valence-electron chi connectivity index (χ3n) is 5.63. The van der Waals surface area contributed by atoms with E-state index in [0.29, 0.717) is 32.2 Å². The largest absolute Gasteiger partial charge is 0.494 e. The minimum absolute atomic E-state index is 0.166. The predicted molar refractivity (Wildman–Crippen MR) is 105 cm³/mol. The lowest BCUT2D eigenvalue weighted by atomic mass is 9.95. The lowest BCUT2D eigenvalue weighted by molar-refractivity contribution is 0.132. The van der Waals surface area contributed by atoms with Crippen molar-refractivity contribution in [1.29, 1.82) is 0 Å². The maximum Gasteiger partial charge on any atom is 0.213 e. The van der Waals surface area contributed by atoms with E-state index in [9.17, 15) is 8.42 Å². The van der Waals surface area contributed by atoms with Crippen LogP contribution in [0.3, 0.4) is 0 Å².